The molecule has 3 rings (SSSR count). The molecular weight excluding hydrogens is 330 g/mol. The van der Waals surface area contributed by atoms with E-state index in [-0.39, 0.29) is 24.2 Å². The number of carbonyl (C=O) groups excluding carboxylic acids is 2. The van der Waals surface area contributed by atoms with Crippen molar-refractivity contribution in [2.45, 2.75) is 19.8 Å². The second kappa shape index (κ2) is 7.00. The van der Waals surface area contributed by atoms with Crippen molar-refractivity contribution in [2.75, 3.05) is 11.9 Å². The number of amides is 2. The monoisotopic (exact) mass is 347 g/mol. The van der Waals surface area contributed by atoms with E-state index in [1.54, 1.807) is 18.2 Å². The standard InChI is InChI=1S/C16H18ClN5O2/c1-10-7-11(10)16(24)19-6-5-14(23)21-13-4-2-3-12(17)15(13)22-9-18-8-20-22/h2-4,8-11H,5-7H2,1H3,(H,19,24)(H,21,23)/t10-,11+/m1/s1. The smallest absolute Gasteiger partial charge is 0.226 e. The van der Waals surface area contributed by atoms with Gasteiger partial charge in [-0.05, 0) is 24.5 Å². The summed E-state index contributed by atoms with van der Waals surface area (Å²) in [5.41, 5.74) is 1.10. The van der Waals surface area contributed by atoms with Gasteiger partial charge >= 0.3 is 0 Å². The molecule has 24 heavy (non-hydrogen) atoms. The van der Waals surface area contributed by atoms with Crippen LogP contribution in [0.5, 0.6) is 0 Å². The average Bonchev–Trinajstić information content (AvgIpc) is 3.05. The fourth-order valence-electron chi connectivity index (χ4n) is 2.50. The van der Waals surface area contributed by atoms with Gasteiger partial charge in [0, 0.05) is 18.9 Å². The Kier molecular flexibility index (Phi) is 4.80. The van der Waals surface area contributed by atoms with Crippen LogP contribution in [0, 0.1) is 11.8 Å². The first-order chi connectivity index (χ1) is 11.6. The molecule has 0 saturated heterocycles. The quantitative estimate of drug-likeness (QED) is 0.836. The lowest BCUT2D eigenvalue weighted by Crippen LogP contribution is -2.29. The van der Waals surface area contributed by atoms with Crippen molar-refractivity contribution in [1.82, 2.24) is 20.1 Å². The van der Waals surface area contributed by atoms with Crippen molar-refractivity contribution in [3.8, 4) is 5.69 Å². The minimum absolute atomic E-state index is 0.0290. The predicted octanol–water partition coefficient (Wildman–Crippen LogP) is 2.02. The van der Waals surface area contributed by atoms with Crippen LogP contribution in [0.1, 0.15) is 19.8 Å². The number of aromatic nitrogens is 3. The highest BCUT2D eigenvalue weighted by atomic mass is 35.5. The van der Waals surface area contributed by atoms with Gasteiger partial charge in [0.1, 0.15) is 18.3 Å². The zero-order valence-electron chi connectivity index (χ0n) is 13.2. The minimum atomic E-state index is -0.206. The average molecular weight is 348 g/mol. The summed E-state index contributed by atoms with van der Waals surface area (Å²) in [5.74, 6) is 0.388. The van der Waals surface area contributed by atoms with Crippen LogP contribution in [0.15, 0.2) is 30.9 Å². The lowest BCUT2D eigenvalue weighted by atomic mass is 10.2. The van der Waals surface area contributed by atoms with Crippen LogP contribution in [0.4, 0.5) is 5.69 Å². The number of anilines is 1. The molecule has 7 nitrogen and oxygen atoms in total. The van der Waals surface area contributed by atoms with Crippen molar-refractivity contribution in [3.63, 3.8) is 0 Å². The van der Waals surface area contributed by atoms with Gasteiger partial charge in [-0.1, -0.05) is 24.6 Å². The lowest BCUT2D eigenvalue weighted by molar-refractivity contribution is -0.122. The topological polar surface area (TPSA) is 88.9 Å². The molecule has 8 heteroatoms. The van der Waals surface area contributed by atoms with E-state index in [9.17, 15) is 9.59 Å². The summed E-state index contributed by atoms with van der Waals surface area (Å²) >= 11 is 6.21. The number of hydrogen-bond acceptors (Lipinski definition) is 4. The van der Waals surface area contributed by atoms with Crippen molar-refractivity contribution >= 4 is 29.1 Å². The molecule has 0 radical (unpaired) electrons. The van der Waals surface area contributed by atoms with Gasteiger partial charge in [0.25, 0.3) is 0 Å². The van der Waals surface area contributed by atoms with Gasteiger partial charge in [-0.15, -0.1) is 0 Å². The molecule has 2 atom stereocenters. The third kappa shape index (κ3) is 3.73. The molecule has 1 fully saturated rings. The Morgan fingerprint density at radius 3 is 2.88 bits per heavy atom. The second-order valence-corrected chi connectivity index (χ2v) is 6.29. The van der Waals surface area contributed by atoms with Gasteiger partial charge in [0.15, 0.2) is 0 Å². The molecule has 1 aliphatic rings. The van der Waals surface area contributed by atoms with Crippen molar-refractivity contribution in [3.05, 3.63) is 35.9 Å². The number of carbonyl (C=O) groups is 2. The normalized spacial score (nSPS) is 18.9. The Hall–Kier alpha value is -2.41. The van der Waals surface area contributed by atoms with Crippen LogP contribution in [-0.2, 0) is 9.59 Å². The maximum Gasteiger partial charge on any atom is 0.226 e. The largest absolute Gasteiger partial charge is 0.355 e. The fraction of sp³-hybridized carbons (Fsp3) is 0.375. The Labute approximate surface area is 144 Å². The lowest BCUT2D eigenvalue weighted by Gasteiger charge is -2.12. The van der Waals surface area contributed by atoms with Crippen LogP contribution < -0.4 is 10.6 Å². The van der Waals surface area contributed by atoms with E-state index in [0.717, 1.165) is 6.42 Å². The van der Waals surface area contributed by atoms with E-state index in [4.69, 9.17) is 11.6 Å². The van der Waals surface area contributed by atoms with Crippen LogP contribution in [-0.4, -0.2) is 33.1 Å². The van der Waals surface area contributed by atoms with Crippen LogP contribution >= 0.6 is 11.6 Å². The molecule has 0 aliphatic heterocycles. The molecule has 2 N–H and O–H groups in total. The van der Waals surface area contributed by atoms with E-state index >= 15 is 0 Å². The van der Waals surface area contributed by atoms with Crippen molar-refractivity contribution < 1.29 is 9.59 Å². The molecular formula is C16H18ClN5O2. The number of hydrogen-bond donors (Lipinski definition) is 2. The number of halogens is 1. The molecule has 1 saturated carbocycles. The molecule has 2 aromatic rings. The molecule has 126 valence electrons. The molecule has 1 aliphatic carbocycles. The molecule has 1 heterocycles. The fourth-order valence-corrected chi connectivity index (χ4v) is 2.76. The molecule has 0 spiro atoms. The Morgan fingerprint density at radius 1 is 1.42 bits per heavy atom. The van der Waals surface area contributed by atoms with Crippen LogP contribution in [0.25, 0.3) is 5.69 Å². The zero-order valence-corrected chi connectivity index (χ0v) is 14.0. The van der Waals surface area contributed by atoms with Gasteiger partial charge in [-0.3, -0.25) is 9.59 Å². The predicted molar refractivity (Wildman–Crippen MR) is 89.9 cm³/mol. The highest BCUT2D eigenvalue weighted by Gasteiger charge is 2.38. The van der Waals surface area contributed by atoms with E-state index in [2.05, 4.69) is 20.7 Å². The second-order valence-electron chi connectivity index (χ2n) is 5.88. The Balaban J connectivity index is 1.58. The van der Waals surface area contributed by atoms with Crippen molar-refractivity contribution in [2.24, 2.45) is 11.8 Å². The number of nitrogens with one attached hydrogen (secondary N) is 2. The first-order valence-corrected chi connectivity index (χ1v) is 8.15. The van der Waals surface area contributed by atoms with Gasteiger partial charge in [-0.2, -0.15) is 5.10 Å². The molecule has 1 aromatic heterocycles. The Bertz CT molecular complexity index is 747. The summed E-state index contributed by atoms with van der Waals surface area (Å²) in [4.78, 5) is 27.7. The maximum atomic E-state index is 12.1. The highest BCUT2D eigenvalue weighted by Crippen LogP contribution is 2.37. The van der Waals surface area contributed by atoms with Gasteiger partial charge in [-0.25, -0.2) is 9.67 Å². The summed E-state index contributed by atoms with van der Waals surface area (Å²) in [7, 11) is 0. The highest BCUT2D eigenvalue weighted by molar-refractivity contribution is 6.33. The summed E-state index contributed by atoms with van der Waals surface area (Å²) in [6.45, 7) is 2.36. The summed E-state index contributed by atoms with van der Waals surface area (Å²) in [5, 5.41) is 10.1. The van der Waals surface area contributed by atoms with E-state index < -0.39 is 0 Å². The molecule has 2 amide bonds. The SMILES string of the molecule is C[C@@H]1C[C@@H]1C(=O)NCCC(=O)Nc1cccc(Cl)c1-n1cncn1. The summed E-state index contributed by atoms with van der Waals surface area (Å²) in [6.07, 6.45) is 4.02. The summed E-state index contributed by atoms with van der Waals surface area (Å²) in [6, 6.07) is 5.20. The molecule has 0 unspecified atom stereocenters. The third-order valence-electron chi connectivity index (χ3n) is 4.01. The van der Waals surface area contributed by atoms with E-state index in [1.807, 2.05) is 6.92 Å². The van der Waals surface area contributed by atoms with Crippen LogP contribution in [0.3, 0.4) is 0 Å². The van der Waals surface area contributed by atoms with Gasteiger partial charge in [0.05, 0.1) is 10.7 Å². The summed E-state index contributed by atoms with van der Waals surface area (Å²) < 4.78 is 1.49. The van der Waals surface area contributed by atoms with Gasteiger partial charge in [0.2, 0.25) is 11.8 Å². The molecule has 1 aromatic carbocycles. The van der Waals surface area contributed by atoms with E-state index in [1.165, 1.54) is 17.3 Å². The first-order valence-electron chi connectivity index (χ1n) is 7.77. The number of benzene rings is 1. The van der Waals surface area contributed by atoms with Crippen molar-refractivity contribution in [1.29, 1.82) is 0 Å². The van der Waals surface area contributed by atoms with Gasteiger partial charge < -0.3 is 10.6 Å². The zero-order chi connectivity index (χ0) is 17.1. The number of nitrogens with zero attached hydrogens (tertiary/aromatic N) is 3. The number of rotatable bonds is 6. The van der Waals surface area contributed by atoms with E-state index in [0.29, 0.717) is 28.9 Å². The Morgan fingerprint density at radius 2 is 2.21 bits per heavy atom. The third-order valence-corrected chi connectivity index (χ3v) is 4.31. The number of para-hydroxylation sites is 1. The maximum absolute atomic E-state index is 12.1. The molecule has 0 bridgehead atoms. The van der Waals surface area contributed by atoms with Crippen LogP contribution in [0.2, 0.25) is 5.02 Å². The first kappa shape index (κ1) is 16.4. The minimum Gasteiger partial charge on any atom is -0.355 e.